The molecule has 4 nitrogen and oxygen atoms in total. The van der Waals surface area contributed by atoms with Crippen LogP contribution in [0.4, 0.5) is 0 Å². The molecule has 1 amide bonds. The Hall–Kier alpha value is -1.52. The Bertz CT molecular complexity index is 712. The van der Waals surface area contributed by atoms with Gasteiger partial charge in [-0.2, -0.15) is 0 Å². The lowest BCUT2D eigenvalue weighted by molar-refractivity contribution is -0.134. The number of carbonyl (C=O) groups excluding carboxylic acids is 1. The molecule has 1 aromatic carbocycles. The Kier molecular flexibility index (Phi) is 4.64. The first-order valence-corrected chi connectivity index (χ1v) is 8.59. The molecule has 3 rings (SSSR count). The monoisotopic (exact) mass is 334 g/mol. The first-order valence-electron chi connectivity index (χ1n) is 8.21. The Morgan fingerprint density at radius 2 is 2.30 bits per heavy atom. The molecule has 2 N–H and O–H groups in total. The molecule has 0 radical (unpaired) electrons. The van der Waals surface area contributed by atoms with Crippen LogP contribution in [0.1, 0.15) is 38.2 Å². The van der Waals surface area contributed by atoms with Gasteiger partial charge in [0.1, 0.15) is 0 Å². The van der Waals surface area contributed by atoms with Gasteiger partial charge in [-0.05, 0) is 50.3 Å². The zero-order valence-corrected chi connectivity index (χ0v) is 14.2. The number of fused-ring (bicyclic) bond motifs is 1. The van der Waals surface area contributed by atoms with Gasteiger partial charge < -0.3 is 15.0 Å². The molecular formula is C18H23ClN2O2. The van der Waals surface area contributed by atoms with E-state index in [-0.39, 0.29) is 18.1 Å². The molecule has 0 aliphatic carbocycles. The van der Waals surface area contributed by atoms with E-state index in [1.807, 2.05) is 29.3 Å². The number of rotatable bonds is 5. The summed E-state index contributed by atoms with van der Waals surface area (Å²) >= 11 is 6.30. The fourth-order valence-corrected chi connectivity index (χ4v) is 4.07. The average Bonchev–Trinajstić information content (AvgIpc) is 3.10. The largest absolute Gasteiger partial charge is 0.396 e. The molecule has 1 aliphatic heterocycles. The second kappa shape index (κ2) is 6.54. The lowest BCUT2D eigenvalue weighted by Crippen LogP contribution is -2.45. The fraction of sp³-hybridized carbons (Fsp3) is 0.500. The molecule has 0 bridgehead atoms. The highest BCUT2D eigenvalue weighted by Crippen LogP contribution is 2.34. The lowest BCUT2D eigenvalue weighted by atomic mass is 9.92. The van der Waals surface area contributed by atoms with E-state index in [0.717, 1.165) is 48.7 Å². The van der Waals surface area contributed by atoms with Crippen LogP contribution < -0.4 is 0 Å². The van der Waals surface area contributed by atoms with Gasteiger partial charge in [0.25, 0.3) is 0 Å². The topological polar surface area (TPSA) is 56.3 Å². The molecule has 23 heavy (non-hydrogen) atoms. The minimum Gasteiger partial charge on any atom is -0.396 e. The van der Waals surface area contributed by atoms with Crippen molar-refractivity contribution < 1.29 is 9.90 Å². The zero-order valence-electron chi connectivity index (χ0n) is 13.4. The Balaban J connectivity index is 1.80. The van der Waals surface area contributed by atoms with Gasteiger partial charge in [-0.25, -0.2) is 0 Å². The molecular weight excluding hydrogens is 312 g/mol. The molecule has 5 heteroatoms. The number of nitrogens with one attached hydrogen (secondary N) is 1. The Morgan fingerprint density at radius 1 is 1.48 bits per heavy atom. The molecule has 1 aromatic heterocycles. The van der Waals surface area contributed by atoms with Gasteiger partial charge in [0, 0.05) is 35.8 Å². The molecule has 124 valence electrons. The van der Waals surface area contributed by atoms with E-state index in [1.54, 1.807) is 0 Å². The van der Waals surface area contributed by atoms with E-state index in [0.29, 0.717) is 11.4 Å². The van der Waals surface area contributed by atoms with Gasteiger partial charge in [0.15, 0.2) is 0 Å². The first-order chi connectivity index (χ1) is 11.0. The summed E-state index contributed by atoms with van der Waals surface area (Å²) in [6.45, 7) is 3.11. The number of nitrogens with zero attached hydrogens (tertiary/aromatic N) is 1. The molecule has 1 saturated heterocycles. The van der Waals surface area contributed by atoms with Crippen LogP contribution in [0.5, 0.6) is 0 Å². The molecule has 2 heterocycles. The summed E-state index contributed by atoms with van der Waals surface area (Å²) in [7, 11) is 0. The summed E-state index contributed by atoms with van der Waals surface area (Å²) < 4.78 is 0. The van der Waals surface area contributed by atoms with Crippen LogP contribution in [0.25, 0.3) is 10.9 Å². The molecule has 0 saturated carbocycles. The number of carbonyl (C=O) groups is 1. The van der Waals surface area contributed by atoms with Crippen molar-refractivity contribution in [3.63, 3.8) is 0 Å². The van der Waals surface area contributed by atoms with E-state index in [1.165, 1.54) is 0 Å². The number of likely N-dealkylation sites (tertiary alicyclic amines) is 1. The van der Waals surface area contributed by atoms with Crippen LogP contribution in [0, 0.1) is 0 Å². The predicted octanol–water partition coefficient (Wildman–Crippen LogP) is 3.52. The summed E-state index contributed by atoms with van der Waals surface area (Å²) in [5.74, 6) is 0.142. The lowest BCUT2D eigenvalue weighted by Gasteiger charge is -2.35. The number of hydrogen-bond acceptors (Lipinski definition) is 2. The maximum Gasteiger partial charge on any atom is 0.227 e. The average molecular weight is 335 g/mol. The Morgan fingerprint density at radius 3 is 3.09 bits per heavy atom. The minimum absolute atomic E-state index is 0.129. The summed E-state index contributed by atoms with van der Waals surface area (Å²) in [6.07, 6.45) is 5.87. The van der Waals surface area contributed by atoms with Gasteiger partial charge in [0.05, 0.1) is 11.4 Å². The van der Waals surface area contributed by atoms with E-state index in [2.05, 4.69) is 11.9 Å². The molecule has 0 spiro atoms. The number of aliphatic hydroxyl groups is 1. The van der Waals surface area contributed by atoms with Gasteiger partial charge >= 0.3 is 0 Å². The predicted molar refractivity (Wildman–Crippen MR) is 92.7 cm³/mol. The van der Waals surface area contributed by atoms with Gasteiger partial charge in [-0.1, -0.05) is 17.7 Å². The number of aromatic nitrogens is 1. The molecule has 1 atom stereocenters. The van der Waals surface area contributed by atoms with E-state index in [4.69, 9.17) is 16.7 Å². The summed E-state index contributed by atoms with van der Waals surface area (Å²) in [6, 6.07) is 5.72. The van der Waals surface area contributed by atoms with Crippen LogP contribution >= 0.6 is 11.6 Å². The maximum absolute atomic E-state index is 12.9. The molecule has 1 aliphatic rings. The standard InChI is InChI=1S/C18H23ClN2O2/c1-18(8-4-10-22)7-3-9-21(18)16(23)11-13-12-20-15-6-2-5-14(19)17(13)15/h2,5-6,12,20,22H,3-4,7-11H2,1H3. The van der Waals surface area contributed by atoms with Crippen molar-refractivity contribution in [3.05, 3.63) is 35.0 Å². The maximum atomic E-state index is 12.9. The summed E-state index contributed by atoms with van der Waals surface area (Å²) in [5, 5.41) is 10.7. The van der Waals surface area contributed by atoms with Crippen LogP contribution in [0.15, 0.2) is 24.4 Å². The number of benzene rings is 1. The van der Waals surface area contributed by atoms with Gasteiger partial charge in [-0.15, -0.1) is 0 Å². The smallest absolute Gasteiger partial charge is 0.227 e. The molecule has 1 fully saturated rings. The van der Waals surface area contributed by atoms with Crippen LogP contribution in [-0.2, 0) is 11.2 Å². The highest BCUT2D eigenvalue weighted by molar-refractivity contribution is 6.35. The van der Waals surface area contributed by atoms with Crippen molar-refractivity contribution in [3.8, 4) is 0 Å². The third-order valence-electron chi connectivity index (χ3n) is 5.00. The highest BCUT2D eigenvalue weighted by Gasteiger charge is 2.38. The SMILES string of the molecule is CC1(CCCO)CCCN1C(=O)Cc1c[nH]c2cccc(Cl)c12. The van der Waals surface area contributed by atoms with Crippen molar-refractivity contribution in [2.75, 3.05) is 13.2 Å². The highest BCUT2D eigenvalue weighted by atomic mass is 35.5. The quantitative estimate of drug-likeness (QED) is 0.879. The third kappa shape index (κ3) is 3.10. The van der Waals surface area contributed by atoms with E-state index in [9.17, 15) is 4.79 Å². The number of halogens is 1. The van der Waals surface area contributed by atoms with Gasteiger partial charge in [-0.3, -0.25) is 4.79 Å². The second-order valence-electron chi connectivity index (χ2n) is 6.63. The Labute approximate surface area is 141 Å². The third-order valence-corrected chi connectivity index (χ3v) is 5.32. The number of aliphatic hydroxyl groups excluding tert-OH is 1. The number of H-pyrrole nitrogens is 1. The molecule has 2 aromatic rings. The number of aromatic amines is 1. The fourth-order valence-electron chi connectivity index (χ4n) is 3.77. The van der Waals surface area contributed by atoms with Crippen molar-refractivity contribution in [2.24, 2.45) is 0 Å². The second-order valence-corrected chi connectivity index (χ2v) is 7.03. The minimum atomic E-state index is -0.129. The summed E-state index contributed by atoms with van der Waals surface area (Å²) in [4.78, 5) is 18.0. The van der Waals surface area contributed by atoms with Crippen LogP contribution in [0.3, 0.4) is 0 Å². The van der Waals surface area contributed by atoms with Crippen molar-refractivity contribution in [2.45, 2.75) is 44.6 Å². The van der Waals surface area contributed by atoms with Crippen molar-refractivity contribution >= 4 is 28.4 Å². The van der Waals surface area contributed by atoms with E-state index < -0.39 is 0 Å². The zero-order chi connectivity index (χ0) is 16.4. The van der Waals surface area contributed by atoms with Crippen molar-refractivity contribution in [1.29, 1.82) is 0 Å². The molecule has 1 unspecified atom stereocenters. The van der Waals surface area contributed by atoms with E-state index >= 15 is 0 Å². The first kappa shape index (κ1) is 16.3. The summed E-state index contributed by atoms with van der Waals surface area (Å²) in [5.41, 5.74) is 1.78. The normalized spacial score (nSPS) is 21.3. The number of amides is 1. The van der Waals surface area contributed by atoms with Crippen LogP contribution in [-0.4, -0.2) is 39.6 Å². The van der Waals surface area contributed by atoms with Crippen LogP contribution in [0.2, 0.25) is 5.02 Å². The van der Waals surface area contributed by atoms with Gasteiger partial charge in [0.2, 0.25) is 5.91 Å². The number of hydrogen-bond donors (Lipinski definition) is 2. The van der Waals surface area contributed by atoms with Crippen molar-refractivity contribution in [1.82, 2.24) is 9.88 Å².